The van der Waals surface area contributed by atoms with E-state index >= 15 is 0 Å². The lowest BCUT2D eigenvalue weighted by Gasteiger charge is -2.28. The molecule has 0 N–H and O–H groups in total. The molecule has 0 amide bonds. The van der Waals surface area contributed by atoms with Gasteiger partial charge in [-0.05, 0) is 22.6 Å². The van der Waals surface area contributed by atoms with E-state index in [1.165, 1.54) is 16.0 Å². The van der Waals surface area contributed by atoms with Gasteiger partial charge in [-0.2, -0.15) is 0 Å². The maximum atomic E-state index is 3.65. The zero-order chi connectivity index (χ0) is 19.1. The van der Waals surface area contributed by atoms with Gasteiger partial charge in [-0.3, -0.25) is 4.90 Å². The molecule has 27 heavy (non-hydrogen) atoms. The van der Waals surface area contributed by atoms with Crippen molar-refractivity contribution in [1.29, 1.82) is 0 Å². The molecule has 0 saturated carbocycles. The van der Waals surface area contributed by atoms with Gasteiger partial charge in [-0.1, -0.05) is 92.3 Å². The molecular weight excluding hydrogens is 362 g/mol. The summed E-state index contributed by atoms with van der Waals surface area (Å²) < 4.78 is 0. The summed E-state index contributed by atoms with van der Waals surface area (Å²) in [4.78, 5) is 3.83. The molecule has 138 valence electrons. The third-order valence-electron chi connectivity index (χ3n) is 4.22. The molecule has 1 heterocycles. The van der Waals surface area contributed by atoms with Crippen molar-refractivity contribution >= 4 is 19.4 Å². The van der Waals surface area contributed by atoms with Gasteiger partial charge in [0.1, 0.15) is 14.1 Å². The Kier molecular flexibility index (Phi) is 6.68. The highest BCUT2D eigenvalue weighted by Crippen LogP contribution is 2.28. The summed E-state index contributed by atoms with van der Waals surface area (Å²) in [5, 5.41) is 2.15. The highest BCUT2D eigenvalue weighted by molar-refractivity contribution is 7.10. The first-order valence-electron chi connectivity index (χ1n) is 9.39. The number of hydrogen-bond acceptors (Lipinski definition) is 2. The second-order valence-electron chi connectivity index (χ2n) is 7.81. The fraction of sp³-hybridized carbons (Fsp3) is 0.250. The molecular formula is C24H27NSSi. The van der Waals surface area contributed by atoms with Crippen LogP contribution < -0.4 is 0 Å². The Morgan fingerprint density at radius 3 is 1.81 bits per heavy atom. The minimum Gasteiger partial charge on any atom is -0.277 e. The van der Waals surface area contributed by atoms with Gasteiger partial charge in [0.15, 0.2) is 0 Å². The summed E-state index contributed by atoms with van der Waals surface area (Å²) in [6, 6.07) is 25.9. The molecule has 1 nitrogen and oxygen atoms in total. The number of nitrogens with zero attached hydrogens (tertiary/aromatic N) is 1. The van der Waals surface area contributed by atoms with Gasteiger partial charge in [-0.15, -0.1) is 16.9 Å². The summed E-state index contributed by atoms with van der Waals surface area (Å²) in [6.45, 7) is 8.70. The Balaban J connectivity index is 1.96. The van der Waals surface area contributed by atoms with Gasteiger partial charge in [0.05, 0.1) is 0 Å². The van der Waals surface area contributed by atoms with Crippen LogP contribution >= 0.6 is 11.3 Å². The van der Waals surface area contributed by atoms with E-state index in [0.717, 1.165) is 13.1 Å². The first-order valence-corrected chi connectivity index (χ1v) is 13.8. The normalized spacial score (nSPS) is 12.4. The molecule has 3 aromatic rings. The van der Waals surface area contributed by atoms with E-state index in [2.05, 4.69) is 114 Å². The Morgan fingerprint density at radius 1 is 0.815 bits per heavy atom. The second kappa shape index (κ2) is 9.19. The Morgan fingerprint density at radius 2 is 1.37 bits per heavy atom. The molecule has 0 aliphatic heterocycles. The third kappa shape index (κ3) is 6.22. The van der Waals surface area contributed by atoms with E-state index in [9.17, 15) is 0 Å². The van der Waals surface area contributed by atoms with Gasteiger partial charge in [0, 0.05) is 18.0 Å². The van der Waals surface area contributed by atoms with Crippen LogP contribution in [0, 0.1) is 11.5 Å². The molecule has 0 radical (unpaired) electrons. The van der Waals surface area contributed by atoms with Crippen LogP contribution in [0.15, 0.2) is 78.2 Å². The average molecular weight is 390 g/mol. The number of rotatable bonds is 6. The zero-order valence-electron chi connectivity index (χ0n) is 16.4. The highest BCUT2D eigenvalue weighted by atomic mass is 32.1. The van der Waals surface area contributed by atoms with Gasteiger partial charge in [0.25, 0.3) is 0 Å². The third-order valence-corrected chi connectivity index (χ3v) is 6.04. The molecule has 0 saturated heterocycles. The van der Waals surface area contributed by atoms with E-state index in [1.807, 2.05) is 0 Å². The smallest absolute Gasteiger partial charge is 0.129 e. The average Bonchev–Trinajstić information content (AvgIpc) is 3.17. The second-order valence-corrected chi connectivity index (χ2v) is 13.5. The van der Waals surface area contributed by atoms with Crippen molar-refractivity contribution < 1.29 is 0 Å². The van der Waals surface area contributed by atoms with Crippen molar-refractivity contribution in [3.8, 4) is 11.5 Å². The quantitative estimate of drug-likeness (QED) is 0.349. The van der Waals surface area contributed by atoms with Crippen LogP contribution in [0.2, 0.25) is 19.6 Å². The minimum absolute atomic E-state index is 0.122. The number of hydrogen-bond donors (Lipinski definition) is 0. The van der Waals surface area contributed by atoms with Gasteiger partial charge < -0.3 is 0 Å². The lowest BCUT2D eigenvalue weighted by molar-refractivity contribution is 0.221. The summed E-state index contributed by atoms with van der Waals surface area (Å²) in [5.41, 5.74) is 6.26. The number of benzene rings is 2. The fourth-order valence-electron chi connectivity index (χ4n) is 2.95. The molecule has 0 unspecified atom stereocenters. The lowest BCUT2D eigenvalue weighted by atomic mass is 10.1. The topological polar surface area (TPSA) is 3.24 Å². The summed E-state index contributed by atoms with van der Waals surface area (Å²) in [6.07, 6.45) is 0. The monoisotopic (exact) mass is 389 g/mol. The SMILES string of the molecule is C[Si](C)(C)C#C[C@@H](c1cccs1)N(Cc1ccccc1)Cc1ccccc1. The van der Waals surface area contributed by atoms with Crippen molar-refractivity contribution in [1.82, 2.24) is 4.90 Å². The van der Waals surface area contributed by atoms with Crippen molar-refractivity contribution in [3.05, 3.63) is 94.2 Å². The van der Waals surface area contributed by atoms with Crippen LogP contribution in [0.25, 0.3) is 0 Å². The minimum atomic E-state index is -1.45. The fourth-order valence-corrected chi connectivity index (χ4v) is 4.33. The lowest BCUT2D eigenvalue weighted by Crippen LogP contribution is -2.28. The van der Waals surface area contributed by atoms with Crippen molar-refractivity contribution in [2.75, 3.05) is 0 Å². The summed E-state index contributed by atoms with van der Waals surface area (Å²) >= 11 is 1.80. The van der Waals surface area contributed by atoms with Crippen LogP contribution in [0.4, 0.5) is 0 Å². The molecule has 1 aromatic heterocycles. The molecule has 2 aromatic carbocycles. The predicted octanol–water partition coefficient (Wildman–Crippen LogP) is 6.37. The first-order chi connectivity index (χ1) is 13.0. The van der Waals surface area contributed by atoms with E-state index in [1.54, 1.807) is 11.3 Å². The molecule has 0 fully saturated rings. The van der Waals surface area contributed by atoms with E-state index in [4.69, 9.17) is 0 Å². The van der Waals surface area contributed by atoms with Crippen LogP contribution in [-0.4, -0.2) is 13.0 Å². The maximum absolute atomic E-state index is 3.65. The molecule has 0 bridgehead atoms. The Hall–Kier alpha value is -2.12. The molecule has 0 spiro atoms. The van der Waals surface area contributed by atoms with Gasteiger partial charge >= 0.3 is 0 Å². The van der Waals surface area contributed by atoms with Gasteiger partial charge in [0.2, 0.25) is 0 Å². The molecule has 0 aliphatic carbocycles. The molecule has 3 rings (SSSR count). The van der Waals surface area contributed by atoms with Crippen LogP contribution in [-0.2, 0) is 13.1 Å². The predicted molar refractivity (Wildman–Crippen MR) is 120 cm³/mol. The van der Waals surface area contributed by atoms with Crippen molar-refractivity contribution in [2.24, 2.45) is 0 Å². The van der Waals surface area contributed by atoms with E-state index < -0.39 is 8.07 Å². The zero-order valence-corrected chi connectivity index (χ0v) is 18.2. The maximum Gasteiger partial charge on any atom is 0.129 e. The van der Waals surface area contributed by atoms with Crippen molar-refractivity contribution in [2.45, 2.75) is 38.8 Å². The van der Waals surface area contributed by atoms with Crippen LogP contribution in [0.3, 0.4) is 0 Å². The highest BCUT2D eigenvalue weighted by Gasteiger charge is 2.21. The molecule has 1 atom stereocenters. The largest absolute Gasteiger partial charge is 0.277 e. The van der Waals surface area contributed by atoms with Gasteiger partial charge in [-0.25, -0.2) is 0 Å². The number of thiophene rings is 1. The van der Waals surface area contributed by atoms with Crippen molar-refractivity contribution in [3.63, 3.8) is 0 Å². The Bertz CT molecular complexity index is 829. The first kappa shape index (κ1) is 19.6. The summed E-state index contributed by atoms with van der Waals surface area (Å²) in [5.74, 6) is 3.65. The van der Waals surface area contributed by atoms with Crippen LogP contribution in [0.1, 0.15) is 22.0 Å². The molecule has 0 aliphatic rings. The Labute approximate surface area is 168 Å². The van der Waals surface area contributed by atoms with Crippen LogP contribution in [0.5, 0.6) is 0 Å². The van der Waals surface area contributed by atoms with E-state index in [0.29, 0.717) is 0 Å². The molecule has 3 heteroatoms. The summed E-state index contributed by atoms with van der Waals surface area (Å²) in [7, 11) is -1.45. The standard InChI is InChI=1S/C24H27NSSi/c1-27(2,3)18-16-23(24-15-10-17-26-24)25(19-21-11-6-4-7-12-21)20-22-13-8-5-9-14-22/h4-15,17,23H,19-20H2,1-3H3/t23-/m0/s1. The van der Waals surface area contributed by atoms with E-state index in [-0.39, 0.29) is 6.04 Å².